The number of fused-ring (bicyclic) bond motifs is 1. The summed E-state index contributed by atoms with van der Waals surface area (Å²) in [6.07, 6.45) is 0.215. The Balaban J connectivity index is 1.86. The number of hydrogen-bond donors (Lipinski definition) is 2. The number of benzene rings is 3. The molecule has 2 N–H and O–H groups in total. The van der Waals surface area contributed by atoms with Crippen LogP contribution >= 0.6 is 15.9 Å². The molecule has 25 heavy (non-hydrogen) atoms. The molecule has 3 aromatic carbocycles. The van der Waals surface area contributed by atoms with Crippen LogP contribution in [0.25, 0.3) is 10.8 Å². The fraction of sp³-hybridized carbons (Fsp3) is 0.100. The van der Waals surface area contributed by atoms with Gasteiger partial charge in [0.2, 0.25) is 0 Å². The van der Waals surface area contributed by atoms with E-state index in [0.717, 1.165) is 16.3 Å². The summed E-state index contributed by atoms with van der Waals surface area (Å²) in [5.74, 6) is -1.48. The maximum Gasteiger partial charge on any atom is 0.326 e. The summed E-state index contributed by atoms with van der Waals surface area (Å²) in [5, 5.41) is 14.2. The molecule has 0 aromatic heterocycles. The quantitative estimate of drug-likeness (QED) is 0.682. The van der Waals surface area contributed by atoms with Crippen molar-refractivity contribution in [1.29, 1.82) is 0 Å². The SMILES string of the molecule is O=C(N[C@@H](Cc1cccc2ccccc12)C(=O)O)c1ccccc1Br. The zero-order valence-corrected chi connectivity index (χ0v) is 14.9. The van der Waals surface area contributed by atoms with Crippen LogP contribution in [0.2, 0.25) is 0 Å². The molecule has 0 aliphatic rings. The maximum absolute atomic E-state index is 12.4. The molecule has 4 nitrogen and oxygen atoms in total. The van der Waals surface area contributed by atoms with Gasteiger partial charge in [0.15, 0.2) is 0 Å². The van der Waals surface area contributed by atoms with E-state index in [4.69, 9.17) is 0 Å². The van der Waals surface area contributed by atoms with Crippen LogP contribution < -0.4 is 5.32 Å². The summed E-state index contributed by atoms with van der Waals surface area (Å²) in [7, 11) is 0. The van der Waals surface area contributed by atoms with Crippen LogP contribution in [-0.4, -0.2) is 23.0 Å². The van der Waals surface area contributed by atoms with Crippen molar-refractivity contribution in [2.45, 2.75) is 12.5 Å². The minimum atomic E-state index is -1.06. The second kappa shape index (κ2) is 7.49. The molecule has 0 aliphatic carbocycles. The van der Waals surface area contributed by atoms with Gasteiger partial charge < -0.3 is 10.4 Å². The highest BCUT2D eigenvalue weighted by atomic mass is 79.9. The molecule has 5 heteroatoms. The Bertz CT molecular complexity index is 934. The molecule has 0 spiro atoms. The highest BCUT2D eigenvalue weighted by Gasteiger charge is 2.22. The van der Waals surface area contributed by atoms with E-state index in [9.17, 15) is 14.7 Å². The summed E-state index contributed by atoms with van der Waals surface area (Å²) in [5.41, 5.74) is 1.30. The fourth-order valence-corrected chi connectivity index (χ4v) is 3.24. The molecule has 0 saturated heterocycles. The number of carbonyl (C=O) groups is 2. The van der Waals surface area contributed by atoms with Gasteiger partial charge in [0.1, 0.15) is 6.04 Å². The predicted octanol–water partition coefficient (Wildman–Crippen LogP) is 4.03. The number of carboxylic acid groups (broad SMARTS) is 1. The molecule has 0 heterocycles. The lowest BCUT2D eigenvalue weighted by Crippen LogP contribution is -2.42. The number of carbonyl (C=O) groups excluding carboxylic acids is 1. The Hall–Kier alpha value is -2.66. The van der Waals surface area contributed by atoms with Crippen LogP contribution in [0.5, 0.6) is 0 Å². The number of hydrogen-bond acceptors (Lipinski definition) is 2. The molecule has 1 atom stereocenters. The summed E-state index contributed by atoms with van der Waals surface area (Å²) in [4.78, 5) is 24.1. The van der Waals surface area contributed by atoms with Crippen molar-refractivity contribution in [2.24, 2.45) is 0 Å². The minimum absolute atomic E-state index is 0.215. The predicted molar refractivity (Wildman–Crippen MR) is 101 cm³/mol. The van der Waals surface area contributed by atoms with E-state index in [1.807, 2.05) is 42.5 Å². The first-order valence-corrected chi connectivity index (χ1v) is 8.60. The monoisotopic (exact) mass is 397 g/mol. The molecule has 0 radical (unpaired) electrons. The van der Waals surface area contributed by atoms with Gasteiger partial charge in [0, 0.05) is 10.9 Å². The molecular formula is C20H16BrNO3. The number of amides is 1. The summed E-state index contributed by atoms with van der Waals surface area (Å²) >= 11 is 3.31. The van der Waals surface area contributed by atoms with Crippen LogP contribution in [0.4, 0.5) is 0 Å². The second-order valence-corrected chi connectivity index (χ2v) is 6.54. The third-order valence-corrected chi connectivity index (χ3v) is 4.72. The van der Waals surface area contributed by atoms with E-state index in [1.54, 1.807) is 24.3 Å². The minimum Gasteiger partial charge on any atom is -0.480 e. The first kappa shape index (κ1) is 17.2. The Morgan fingerprint density at radius 1 is 0.960 bits per heavy atom. The molecule has 3 aromatic rings. The number of aliphatic carboxylic acids is 1. The van der Waals surface area contributed by atoms with Crippen LogP contribution in [0.15, 0.2) is 71.2 Å². The van der Waals surface area contributed by atoms with E-state index >= 15 is 0 Å². The van der Waals surface area contributed by atoms with Crippen LogP contribution in [0.1, 0.15) is 15.9 Å². The van der Waals surface area contributed by atoms with Crippen molar-refractivity contribution >= 4 is 38.6 Å². The Kier molecular flexibility index (Phi) is 5.14. The van der Waals surface area contributed by atoms with Gasteiger partial charge >= 0.3 is 5.97 Å². The molecule has 126 valence electrons. The Morgan fingerprint density at radius 2 is 1.64 bits per heavy atom. The van der Waals surface area contributed by atoms with Crippen molar-refractivity contribution in [1.82, 2.24) is 5.32 Å². The average Bonchev–Trinajstić information content (AvgIpc) is 2.61. The van der Waals surface area contributed by atoms with E-state index in [0.29, 0.717) is 10.0 Å². The molecule has 3 rings (SSSR count). The van der Waals surface area contributed by atoms with Gasteiger partial charge in [-0.1, -0.05) is 54.6 Å². The van der Waals surface area contributed by atoms with E-state index in [2.05, 4.69) is 21.2 Å². The van der Waals surface area contributed by atoms with Gasteiger partial charge in [-0.15, -0.1) is 0 Å². The molecule has 1 amide bonds. The van der Waals surface area contributed by atoms with E-state index in [1.165, 1.54) is 0 Å². The highest BCUT2D eigenvalue weighted by molar-refractivity contribution is 9.10. The zero-order valence-electron chi connectivity index (χ0n) is 13.3. The second-order valence-electron chi connectivity index (χ2n) is 5.69. The lowest BCUT2D eigenvalue weighted by molar-refractivity contribution is -0.139. The summed E-state index contributed by atoms with van der Waals surface area (Å²) in [6.45, 7) is 0. The van der Waals surface area contributed by atoms with Crippen LogP contribution in [-0.2, 0) is 11.2 Å². The van der Waals surface area contributed by atoms with Gasteiger partial charge in [-0.25, -0.2) is 4.79 Å². The first-order chi connectivity index (χ1) is 12.1. The topological polar surface area (TPSA) is 66.4 Å². The van der Waals surface area contributed by atoms with Crippen molar-refractivity contribution in [3.8, 4) is 0 Å². The number of rotatable bonds is 5. The third kappa shape index (κ3) is 3.88. The van der Waals surface area contributed by atoms with E-state index < -0.39 is 17.9 Å². The van der Waals surface area contributed by atoms with Gasteiger partial charge in [0.25, 0.3) is 5.91 Å². The lowest BCUT2D eigenvalue weighted by atomic mass is 9.98. The first-order valence-electron chi connectivity index (χ1n) is 7.81. The van der Waals surface area contributed by atoms with E-state index in [-0.39, 0.29) is 6.42 Å². The normalized spacial score (nSPS) is 11.9. The summed E-state index contributed by atoms with van der Waals surface area (Å²) < 4.78 is 0.627. The Morgan fingerprint density at radius 3 is 2.40 bits per heavy atom. The van der Waals surface area contributed by atoms with Gasteiger partial charge in [-0.05, 0) is 44.4 Å². The largest absolute Gasteiger partial charge is 0.480 e. The van der Waals surface area contributed by atoms with Crippen molar-refractivity contribution in [3.05, 3.63) is 82.3 Å². The molecule has 0 aliphatic heterocycles. The zero-order chi connectivity index (χ0) is 17.8. The lowest BCUT2D eigenvalue weighted by Gasteiger charge is -2.16. The fourth-order valence-electron chi connectivity index (χ4n) is 2.77. The van der Waals surface area contributed by atoms with Crippen LogP contribution in [0.3, 0.4) is 0 Å². The molecule has 0 fully saturated rings. The highest BCUT2D eigenvalue weighted by Crippen LogP contribution is 2.20. The van der Waals surface area contributed by atoms with Crippen molar-refractivity contribution in [2.75, 3.05) is 0 Å². The molecule has 0 bridgehead atoms. The molecule has 0 unspecified atom stereocenters. The van der Waals surface area contributed by atoms with Crippen LogP contribution in [0, 0.1) is 0 Å². The van der Waals surface area contributed by atoms with Crippen molar-refractivity contribution < 1.29 is 14.7 Å². The van der Waals surface area contributed by atoms with Gasteiger partial charge in [0.05, 0.1) is 5.56 Å². The number of carboxylic acids is 1. The molecular weight excluding hydrogens is 382 g/mol. The summed E-state index contributed by atoms with van der Waals surface area (Å²) in [6, 6.07) is 19.5. The average molecular weight is 398 g/mol. The number of nitrogens with one attached hydrogen (secondary N) is 1. The third-order valence-electron chi connectivity index (χ3n) is 4.03. The Labute approximate surface area is 153 Å². The maximum atomic E-state index is 12.4. The molecule has 0 saturated carbocycles. The van der Waals surface area contributed by atoms with Gasteiger partial charge in [-0.3, -0.25) is 4.79 Å². The smallest absolute Gasteiger partial charge is 0.326 e. The standard InChI is InChI=1S/C20H16BrNO3/c21-17-11-4-3-10-16(17)19(23)22-18(20(24)25)12-14-8-5-7-13-6-1-2-9-15(13)14/h1-11,18H,12H2,(H,22,23)(H,24,25)/t18-/m0/s1. The number of halogens is 1. The van der Waals surface area contributed by atoms with Crippen molar-refractivity contribution in [3.63, 3.8) is 0 Å². The van der Waals surface area contributed by atoms with Gasteiger partial charge in [-0.2, -0.15) is 0 Å².